The van der Waals surface area contributed by atoms with E-state index < -0.39 is 0 Å². The third kappa shape index (κ3) is 2.73. The van der Waals surface area contributed by atoms with Crippen LogP contribution in [0.25, 0.3) is 16.5 Å². The molecular formula is C15H16N8S. The molecule has 0 aliphatic carbocycles. The van der Waals surface area contributed by atoms with E-state index >= 15 is 0 Å². The first-order chi connectivity index (χ1) is 11.7. The van der Waals surface area contributed by atoms with Crippen LogP contribution in [0, 0.1) is 0 Å². The Kier molecular flexibility index (Phi) is 3.69. The highest BCUT2D eigenvalue weighted by molar-refractivity contribution is 7.13. The van der Waals surface area contributed by atoms with Crippen LogP contribution in [-0.4, -0.2) is 34.3 Å². The summed E-state index contributed by atoms with van der Waals surface area (Å²) in [5, 5.41) is 14.9. The van der Waals surface area contributed by atoms with E-state index in [1.54, 1.807) is 20.5 Å². The number of nitrogens with zero attached hydrogens (tertiary/aromatic N) is 7. The molecule has 4 heterocycles. The molecule has 0 spiro atoms. The van der Waals surface area contributed by atoms with Gasteiger partial charge in [0.25, 0.3) is 5.78 Å². The summed E-state index contributed by atoms with van der Waals surface area (Å²) in [7, 11) is 1.90. The first-order valence-corrected chi connectivity index (χ1v) is 8.49. The zero-order valence-corrected chi connectivity index (χ0v) is 14.2. The minimum absolute atomic E-state index is 0.601. The number of hydrogen-bond acceptors (Lipinski definition) is 7. The summed E-state index contributed by atoms with van der Waals surface area (Å²) < 4.78 is 3.48. The van der Waals surface area contributed by atoms with Gasteiger partial charge in [-0.1, -0.05) is 6.92 Å². The third-order valence-electron chi connectivity index (χ3n) is 3.60. The molecule has 122 valence electrons. The highest BCUT2D eigenvalue weighted by atomic mass is 32.1. The van der Waals surface area contributed by atoms with Crippen molar-refractivity contribution in [3.8, 4) is 10.7 Å². The smallest absolute Gasteiger partial charge is 0.254 e. The van der Waals surface area contributed by atoms with Gasteiger partial charge in [-0.25, -0.2) is 9.97 Å². The number of rotatable bonds is 5. The summed E-state index contributed by atoms with van der Waals surface area (Å²) in [6.45, 7) is 2.67. The third-order valence-corrected chi connectivity index (χ3v) is 4.52. The summed E-state index contributed by atoms with van der Waals surface area (Å²) in [4.78, 5) is 13.2. The molecule has 0 aliphatic heterocycles. The van der Waals surface area contributed by atoms with Crippen molar-refractivity contribution in [2.45, 2.75) is 19.9 Å². The lowest BCUT2D eigenvalue weighted by Gasteiger charge is -2.07. The SMILES string of the molecule is CCc1cc(NCc2csc(-c3ccn(C)n3)n2)n2ncnc2n1. The molecule has 4 aromatic heterocycles. The summed E-state index contributed by atoms with van der Waals surface area (Å²) in [5.74, 6) is 1.46. The lowest BCUT2D eigenvalue weighted by Crippen LogP contribution is -2.07. The summed E-state index contributed by atoms with van der Waals surface area (Å²) in [6.07, 6.45) is 4.27. The van der Waals surface area contributed by atoms with Gasteiger partial charge in [0.15, 0.2) is 0 Å². The van der Waals surface area contributed by atoms with Gasteiger partial charge in [-0.3, -0.25) is 4.68 Å². The average Bonchev–Trinajstić information content (AvgIpc) is 3.32. The van der Waals surface area contributed by atoms with Crippen LogP contribution in [-0.2, 0) is 20.0 Å². The molecule has 4 aromatic rings. The van der Waals surface area contributed by atoms with Gasteiger partial charge in [0.1, 0.15) is 22.8 Å². The van der Waals surface area contributed by atoms with Gasteiger partial charge in [0, 0.05) is 30.4 Å². The molecule has 0 aromatic carbocycles. The standard InChI is InChI=1S/C15H16N8S/c1-3-10-6-13(23-15(20-10)17-9-18-23)16-7-11-8-24-14(19-11)12-4-5-22(2)21-12/h4-6,8-9,16H,3,7H2,1-2H3. The fourth-order valence-corrected chi connectivity index (χ4v) is 3.17. The van der Waals surface area contributed by atoms with Gasteiger partial charge in [-0.2, -0.15) is 19.7 Å². The van der Waals surface area contributed by atoms with Gasteiger partial charge in [-0.15, -0.1) is 11.3 Å². The number of nitrogens with one attached hydrogen (secondary N) is 1. The molecule has 8 nitrogen and oxygen atoms in total. The van der Waals surface area contributed by atoms with Gasteiger partial charge >= 0.3 is 0 Å². The first-order valence-electron chi connectivity index (χ1n) is 7.61. The zero-order valence-electron chi connectivity index (χ0n) is 13.3. The van der Waals surface area contributed by atoms with E-state index in [4.69, 9.17) is 0 Å². The molecular weight excluding hydrogens is 324 g/mol. The number of fused-ring (bicyclic) bond motifs is 1. The molecule has 0 atom stereocenters. The maximum Gasteiger partial charge on any atom is 0.254 e. The molecule has 9 heteroatoms. The summed E-state index contributed by atoms with van der Waals surface area (Å²) in [6, 6.07) is 3.96. The Morgan fingerprint density at radius 2 is 2.17 bits per heavy atom. The van der Waals surface area contributed by atoms with Gasteiger partial charge < -0.3 is 5.32 Å². The van der Waals surface area contributed by atoms with Crippen molar-refractivity contribution < 1.29 is 0 Å². The molecule has 0 radical (unpaired) electrons. The number of aromatic nitrogens is 7. The quantitative estimate of drug-likeness (QED) is 0.599. The minimum Gasteiger partial charge on any atom is -0.364 e. The number of aryl methyl sites for hydroxylation is 2. The van der Waals surface area contributed by atoms with Crippen LogP contribution in [0.5, 0.6) is 0 Å². The fourth-order valence-electron chi connectivity index (χ4n) is 2.38. The predicted molar refractivity (Wildman–Crippen MR) is 91.8 cm³/mol. The Balaban J connectivity index is 1.55. The van der Waals surface area contributed by atoms with Crippen molar-refractivity contribution in [1.82, 2.24) is 34.3 Å². The monoisotopic (exact) mass is 340 g/mol. The molecule has 0 bridgehead atoms. The van der Waals surface area contributed by atoms with Gasteiger partial charge in [-0.05, 0) is 12.5 Å². The van der Waals surface area contributed by atoms with Crippen molar-refractivity contribution in [3.63, 3.8) is 0 Å². The number of hydrogen-bond donors (Lipinski definition) is 1. The van der Waals surface area contributed by atoms with Crippen LogP contribution in [0.1, 0.15) is 18.3 Å². The Hall–Kier alpha value is -2.81. The van der Waals surface area contributed by atoms with Crippen LogP contribution >= 0.6 is 11.3 Å². The van der Waals surface area contributed by atoms with Crippen molar-refractivity contribution >= 4 is 22.9 Å². The first kappa shape index (κ1) is 14.8. The molecule has 0 saturated carbocycles. The van der Waals surface area contributed by atoms with Crippen molar-refractivity contribution in [3.05, 3.63) is 41.4 Å². The Morgan fingerprint density at radius 3 is 2.96 bits per heavy atom. The topological polar surface area (TPSA) is 85.8 Å². The largest absolute Gasteiger partial charge is 0.364 e. The van der Waals surface area contributed by atoms with Crippen molar-refractivity contribution in [2.75, 3.05) is 5.32 Å². The molecule has 0 amide bonds. The van der Waals surface area contributed by atoms with Gasteiger partial charge in [0.2, 0.25) is 0 Å². The maximum atomic E-state index is 4.64. The zero-order chi connectivity index (χ0) is 16.5. The average molecular weight is 340 g/mol. The molecule has 0 saturated heterocycles. The van der Waals surface area contributed by atoms with Crippen LogP contribution < -0.4 is 5.32 Å². The van der Waals surface area contributed by atoms with E-state index in [2.05, 4.69) is 37.4 Å². The van der Waals surface area contributed by atoms with E-state index in [0.717, 1.165) is 34.3 Å². The molecule has 0 aliphatic rings. The lowest BCUT2D eigenvalue weighted by molar-refractivity contribution is 0.770. The highest BCUT2D eigenvalue weighted by Crippen LogP contribution is 2.22. The van der Waals surface area contributed by atoms with E-state index in [1.807, 2.05) is 30.8 Å². The van der Waals surface area contributed by atoms with Gasteiger partial charge in [0.05, 0.1) is 12.2 Å². The van der Waals surface area contributed by atoms with Crippen LogP contribution in [0.4, 0.5) is 5.82 Å². The van der Waals surface area contributed by atoms with E-state index in [-0.39, 0.29) is 0 Å². The van der Waals surface area contributed by atoms with E-state index in [1.165, 1.54) is 6.33 Å². The normalized spacial score (nSPS) is 11.2. The fraction of sp³-hybridized carbons (Fsp3) is 0.267. The molecule has 1 N–H and O–H groups in total. The van der Waals surface area contributed by atoms with Crippen molar-refractivity contribution in [1.29, 1.82) is 0 Å². The Labute approximate surface area is 142 Å². The summed E-state index contributed by atoms with van der Waals surface area (Å²) in [5.41, 5.74) is 2.83. The second kappa shape index (κ2) is 6.00. The predicted octanol–water partition coefficient (Wildman–Crippen LogP) is 2.16. The van der Waals surface area contributed by atoms with E-state index in [9.17, 15) is 0 Å². The number of thiazole rings is 1. The Morgan fingerprint density at radius 1 is 1.25 bits per heavy atom. The lowest BCUT2D eigenvalue weighted by atomic mass is 10.3. The van der Waals surface area contributed by atoms with Crippen molar-refractivity contribution in [2.24, 2.45) is 7.05 Å². The minimum atomic E-state index is 0.601. The van der Waals surface area contributed by atoms with Crippen LogP contribution in [0.15, 0.2) is 30.0 Å². The maximum absolute atomic E-state index is 4.64. The molecule has 24 heavy (non-hydrogen) atoms. The molecule has 0 unspecified atom stereocenters. The van der Waals surface area contributed by atoms with Crippen LogP contribution in [0.3, 0.4) is 0 Å². The molecule has 4 rings (SSSR count). The second-order valence-electron chi connectivity index (χ2n) is 5.33. The number of anilines is 1. The summed E-state index contributed by atoms with van der Waals surface area (Å²) >= 11 is 1.59. The Bertz CT molecular complexity index is 982. The molecule has 0 fully saturated rings. The highest BCUT2D eigenvalue weighted by Gasteiger charge is 2.10. The van der Waals surface area contributed by atoms with Crippen LogP contribution in [0.2, 0.25) is 0 Å². The second-order valence-corrected chi connectivity index (χ2v) is 6.19. The van der Waals surface area contributed by atoms with E-state index in [0.29, 0.717) is 12.3 Å².